The highest BCUT2D eigenvalue weighted by molar-refractivity contribution is 5.67. The van der Waals surface area contributed by atoms with Crippen molar-refractivity contribution in [2.45, 2.75) is 25.4 Å². The molecule has 0 fully saturated rings. The van der Waals surface area contributed by atoms with E-state index in [0.717, 1.165) is 11.1 Å². The van der Waals surface area contributed by atoms with E-state index in [0.29, 0.717) is 13.0 Å². The summed E-state index contributed by atoms with van der Waals surface area (Å²) in [5.74, 6) is -0.905. The van der Waals surface area contributed by atoms with Crippen molar-refractivity contribution in [2.75, 3.05) is 0 Å². The summed E-state index contributed by atoms with van der Waals surface area (Å²) in [6.45, 7) is 0.400. The fraction of sp³-hybridized carbons (Fsp3) is 0.364. The zero-order chi connectivity index (χ0) is 11.5. The second-order valence-corrected chi connectivity index (χ2v) is 3.90. The molecule has 1 aliphatic rings. The van der Waals surface area contributed by atoms with Gasteiger partial charge in [0.1, 0.15) is 0 Å². The molecule has 5 heteroatoms. The lowest BCUT2D eigenvalue weighted by Crippen LogP contribution is -2.37. The minimum absolute atomic E-state index is 0.0555. The molecule has 1 N–H and O–H groups in total. The molecule has 84 valence electrons. The molecule has 1 aromatic carbocycles. The van der Waals surface area contributed by atoms with Gasteiger partial charge in [0, 0.05) is 0 Å². The third-order valence-corrected chi connectivity index (χ3v) is 2.84. The Labute approximate surface area is 92.6 Å². The number of carboxylic acids is 1. The van der Waals surface area contributed by atoms with E-state index in [2.05, 4.69) is 5.29 Å². The Kier molecular flexibility index (Phi) is 2.85. The van der Waals surface area contributed by atoms with Gasteiger partial charge in [-0.3, -0.25) is 9.80 Å². The molecule has 1 unspecified atom stereocenters. The molecule has 5 nitrogen and oxygen atoms in total. The summed E-state index contributed by atoms with van der Waals surface area (Å²) >= 11 is 0. The van der Waals surface area contributed by atoms with Crippen LogP contribution in [0.4, 0.5) is 0 Å². The van der Waals surface area contributed by atoms with Crippen molar-refractivity contribution in [1.82, 2.24) is 5.01 Å². The largest absolute Gasteiger partial charge is 0.481 e. The summed E-state index contributed by atoms with van der Waals surface area (Å²) < 4.78 is 0. The Bertz CT molecular complexity index is 419. The number of hydrogen-bond donors (Lipinski definition) is 1. The Morgan fingerprint density at radius 1 is 1.44 bits per heavy atom. The van der Waals surface area contributed by atoms with Gasteiger partial charge in [-0.05, 0) is 17.5 Å². The summed E-state index contributed by atoms with van der Waals surface area (Å²) in [4.78, 5) is 21.3. The molecule has 0 aliphatic carbocycles. The van der Waals surface area contributed by atoms with E-state index in [-0.39, 0.29) is 12.5 Å². The molecule has 0 aromatic heterocycles. The fourth-order valence-corrected chi connectivity index (χ4v) is 2.05. The van der Waals surface area contributed by atoms with Gasteiger partial charge in [-0.2, -0.15) is 0 Å². The van der Waals surface area contributed by atoms with E-state index in [1.54, 1.807) is 0 Å². The van der Waals surface area contributed by atoms with Crippen LogP contribution in [0.2, 0.25) is 0 Å². The molecule has 0 saturated heterocycles. The highest BCUT2D eigenvalue weighted by Crippen LogP contribution is 2.24. The third kappa shape index (κ3) is 2.03. The van der Waals surface area contributed by atoms with Crippen LogP contribution in [-0.2, 0) is 17.8 Å². The molecule has 0 spiro atoms. The number of nitroso groups, excluding NO2 is 1. The summed E-state index contributed by atoms with van der Waals surface area (Å²) in [5, 5.41) is 13.0. The van der Waals surface area contributed by atoms with Crippen LogP contribution >= 0.6 is 0 Å². The number of nitrogens with zero attached hydrogens (tertiary/aromatic N) is 2. The van der Waals surface area contributed by atoms with Gasteiger partial charge < -0.3 is 5.11 Å². The van der Waals surface area contributed by atoms with Crippen molar-refractivity contribution >= 4 is 5.97 Å². The second kappa shape index (κ2) is 4.30. The first-order valence-electron chi connectivity index (χ1n) is 5.09. The van der Waals surface area contributed by atoms with Crippen LogP contribution in [0.5, 0.6) is 0 Å². The molecule has 2 rings (SSSR count). The standard InChI is InChI=1S/C11H12N2O3/c14-11(15)6-10-5-8-3-1-2-4-9(8)7-13(10)12-16/h1-4,10H,5-7H2,(H,14,15). The van der Waals surface area contributed by atoms with E-state index in [1.165, 1.54) is 5.01 Å². The van der Waals surface area contributed by atoms with Crippen molar-refractivity contribution in [3.05, 3.63) is 40.3 Å². The maximum atomic E-state index is 10.7. The normalized spacial score (nSPS) is 19.0. The van der Waals surface area contributed by atoms with Crippen molar-refractivity contribution in [3.8, 4) is 0 Å². The van der Waals surface area contributed by atoms with E-state index >= 15 is 0 Å². The van der Waals surface area contributed by atoms with Crippen molar-refractivity contribution in [2.24, 2.45) is 5.29 Å². The number of fused-ring (bicyclic) bond motifs is 1. The average molecular weight is 220 g/mol. The topological polar surface area (TPSA) is 70.0 Å². The number of aliphatic carboxylic acids is 1. The summed E-state index contributed by atoms with van der Waals surface area (Å²) in [5.41, 5.74) is 2.15. The fourth-order valence-electron chi connectivity index (χ4n) is 2.05. The molecule has 0 radical (unpaired) electrons. The van der Waals surface area contributed by atoms with Gasteiger partial charge in [0.15, 0.2) is 0 Å². The molecule has 1 aromatic rings. The first kappa shape index (κ1) is 10.6. The van der Waals surface area contributed by atoms with Crippen LogP contribution in [0.3, 0.4) is 0 Å². The van der Waals surface area contributed by atoms with Gasteiger partial charge in [-0.15, -0.1) is 4.91 Å². The number of benzene rings is 1. The van der Waals surface area contributed by atoms with Gasteiger partial charge in [-0.25, -0.2) is 0 Å². The molecule has 0 saturated carbocycles. The Hall–Kier alpha value is -1.91. The molecule has 1 atom stereocenters. The number of carbonyl (C=O) groups is 1. The van der Waals surface area contributed by atoms with Gasteiger partial charge in [0.25, 0.3) is 0 Å². The van der Waals surface area contributed by atoms with Crippen LogP contribution in [0.15, 0.2) is 29.6 Å². The predicted molar refractivity (Wildman–Crippen MR) is 57.5 cm³/mol. The Morgan fingerprint density at radius 3 is 2.75 bits per heavy atom. The first-order chi connectivity index (χ1) is 7.70. The van der Waals surface area contributed by atoms with E-state index in [9.17, 15) is 9.70 Å². The lowest BCUT2D eigenvalue weighted by Gasteiger charge is -2.31. The van der Waals surface area contributed by atoms with Gasteiger partial charge in [0.2, 0.25) is 0 Å². The van der Waals surface area contributed by atoms with E-state index in [1.807, 2.05) is 24.3 Å². The zero-order valence-corrected chi connectivity index (χ0v) is 8.67. The third-order valence-electron chi connectivity index (χ3n) is 2.84. The molecule has 1 heterocycles. The molecular formula is C11H12N2O3. The van der Waals surface area contributed by atoms with Gasteiger partial charge in [-0.1, -0.05) is 24.3 Å². The maximum Gasteiger partial charge on any atom is 0.305 e. The van der Waals surface area contributed by atoms with Crippen molar-refractivity contribution in [3.63, 3.8) is 0 Å². The van der Waals surface area contributed by atoms with Crippen LogP contribution in [-0.4, -0.2) is 22.1 Å². The first-order valence-corrected chi connectivity index (χ1v) is 5.09. The molecule has 0 amide bonds. The quantitative estimate of drug-likeness (QED) is 0.785. The summed E-state index contributed by atoms with van der Waals surface area (Å²) in [6.07, 6.45) is 0.508. The van der Waals surface area contributed by atoms with Crippen molar-refractivity contribution in [1.29, 1.82) is 0 Å². The summed E-state index contributed by atoms with van der Waals surface area (Å²) in [7, 11) is 0. The van der Waals surface area contributed by atoms with Crippen LogP contribution in [0.25, 0.3) is 0 Å². The monoisotopic (exact) mass is 220 g/mol. The molecule has 0 bridgehead atoms. The number of carboxylic acid groups (broad SMARTS) is 1. The Balaban J connectivity index is 2.23. The Morgan fingerprint density at radius 2 is 2.12 bits per heavy atom. The molecule has 1 aliphatic heterocycles. The molecular weight excluding hydrogens is 208 g/mol. The van der Waals surface area contributed by atoms with Crippen LogP contribution in [0, 0.1) is 4.91 Å². The highest BCUT2D eigenvalue weighted by atomic mass is 16.4. The van der Waals surface area contributed by atoms with E-state index in [4.69, 9.17) is 5.11 Å². The molecule has 16 heavy (non-hydrogen) atoms. The smallest absolute Gasteiger partial charge is 0.305 e. The predicted octanol–water partition coefficient (Wildman–Crippen LogP) is 1.57. The zero-order valence-electron chi connectivity index (χ0n) is 8.67. The number of rotatable bonds is 3. The average Bonchev–Trinajstić information content (AvgIpc) is 2.27. The summed E-state index contributed by atoms with van der Waals surface area (Å²) in [6, 6.07) is 7.39. The second-order valence-electron chi connectivity index (χ2n) is 3.90. The highest BCUT2D eigenvalue weighted by Gasteiger charge is 2.27. The van der Waals surface area contributed by atoms with Gasteiger partial charge >= 0.3 is 5.97 Å². The van der Waals surface area contributed by atoms with E-state index < -0.39 is 5.97 Å². The number of hydrogen-bond acceptors (Lipinski definition) is 3. The SMILES string of the molecule is O=NN1Cc2ccccc2CC1CC(=O)O. The minimum atomic E-state index is -0.905. The lowest BCUT2D eigenvalue weighted by molar-refractivity contribution is -0.138. The van der Waals surface area contributed by atoms with Gasteiger partial charge in [0.05, 0.1) is 24.3 Å². The lowest BCUT2D eigenvalue weighted by atomic mass is 9.94. The minimum Gasteiger partial charge on any atom is -0.481 e. The maximum absolute atomic E-state index is 10.7. The van der Waals surface area contributed by atoms with Crippen molar-refractivity contribution < 1.29 is 9.90 Å². The van der Waals surface area contributed by atoms with Crippen LogP contribution < -0.4 is 0 Å². The van der Waals surface area contributed by atoms with Crippen LogP contribution in [0.1, 0.15) is 17.5 Å².